The lowest BCUT2D eigenvalue weighted by Crippen LogP contribution is -2.52. The number of esters is 4. The van der Waals surface area contributed by atoms with Crippen LogP contribution in [0.25, 0.3) is 0 Å². The van der Waals surface area contributed by atoms with Gasteiger partial charge in [-0.15, -0.1) is 0 Å². The van der Waals surface area contributed by atoms with Crippen molar-refractivity contribution in [3.63, 3.8) is 0 Å². The summed E-state index contributed by atoms with van der Waals surface area (Å²) in [6.45, 7) is 4.71. The third-order valence-corrected chi connectivity index (χ3v) is 12.0. The minimum Gasteiger partial charge on any atom is -0.461 e. The Kier molecular flexibility index (Phi) is 30.6. The molecule has 2 amide bonds. The summed E-state index contributed by atoms with van der Waals surface area (Å²) in [6.07, 6.45) is -2.19. The van der Waals surface area contributed by atoms with Gasteiger partial charge in [-0.2, -0.15) is 0 Å². The van der Waals surface area contributed by atoms with E-state index in [9.17, 15) is 58.2 Å². The number of rotatable bonds is 38. The first-order valence-electron chi connectivity index (χ1n) is 25.3. The highest BCUT2D eigenvalue weighted by Gasteiger charge is 2.41. The average molecular weight is 1110 g/mol. The Bertz CT molecular complexity index is 2600. The molecular weight excluding hydrogens is 1030 g/mol. The molecule has 0 radical (unpaired) electrons. The van der Waals surface area contributed by atoms with E-state index >= 15 is 0 Å². The quantitative estimate of drug-likeness (QED) is 0.0125. The number of Topliss-reactive ketones (excluding diaryl/α,β-unsaturated/α-hetero) is 4. The fourth-order valence-electron chi connectivity index (χ4n) is 7.20. The number of ether oxygens (including phenoxy) is 4. The molecule has 25 heteroatoms. The molecule has 2 unspecified atom stereocenters. The Morgan fingerprint density at radius 3 is 0.975 bits per heavy atom. The zero-order valence-corrected chi connectivity index (χ0v) is 45.8. The molecule has 25 nitrogen and oxygen atoms in total. The van der Waals surface area contributed by atoms with Gasteiger partial charge in [0.1, 0.15) is 32.2 Å². The molecule has 9 N–H and O–H groups in total. The van der Waals surface area contributed by atoms with Crippen molar-refractivity contribution in [2.24, 2.45) is 31.7 Å². The number of amides is 2. The van der Waals surface area contributed by atoms with Crippen LogP contribution in [-0.2, 0) is 93.3 Å². The topological polar surface area (TPSA) is 386 Å². The van der Waals surface area contributed by atoms with E-state index in [0.717, 1.165) is 5.71 Å². The molecule has 0 aromatic heterocycles. The van der Waals surface area contributed by atoms with E-state index in [1.165, 1.54) is 7.05 Å². The fraction of sp³-hybridized carbons (Fsp3) is 0.519. The van der Waals surface area contributed by atoms with Crippen LogP contribution in [-0.4, -0.2) is 143 Å². The molecule has 79 heavy (non-hydrogen) atoms. The summed E-state index contributed by atoms with van der Waals surface area (Å²) in [5, 5.41) is 24.4. The Labute approximate surface area is 458 Å². The third kappa shape index (κ3) is 27.0. The number of aliphatic imine (C=N–C) groups is 4. The number of nitrogens with zero attached hydrogens (tertiary/aromatic N) is 4. The highest BCUT2D eigenvalue weighted by molar-refractivity contribution is 5.99. The molecule has 0 spiro atoms. The van der Waals surface area contributed by atoms with Crippen molar-refractivity contribution in [2.45, 2.75) is 142 Å². The van der Waals surface area contributed by atoms with Crippen molar-refractivity contribution < 1.29 is 77.1 Å². The summed E-state index contributed by atoms with van der Waals surface area (Å²) in [5.41, 5.74) is 3.18. The Morgan fingerprint density at radius 1 is 0.456 bits per heavy atom. The first-order chi connectivity index (χ1) is 37.5. The van der Waals surface area contributed by atoms with Gasteiger partial charge in [-0.25, -0.2) is 11.7 Å². The van der Waals surface area contributed by atoms with Gasteiger partial charge in [0.25, 0.3) is 11.8 Å². The third-order valence-electron chi connectivity index (χ3n) is 12.0. The summed E-state index contributed by atoms with van der Waals surface area (Å²) >= 11 is 0. The van der Waals surface area contributed by atoms with Gasteiger partial charge in [0.15, 0.2) is 28.6 Å². The zero-order chi connectivity index (χ0) is 59.0. The number of hydrogen-bond donors (Lipinski definition) is 7. The van der Waals surface area contributed by atoms with Crippen LogP contribution in [0.2, 0.25) is 0 Å². The fourth-order valence-corrected chi connectivity index (χ4v) is 7.20. The van der Waals surface area contributed by atoms with Crippen LogP contribution >= 0.6 is 0 Å². The van der Waals surface area contributed by atoms with Crippen molar-refractivity contribution >= 4 is 81.7 Å². The van der Waals surface area contributed by atoms with Gasteiger partial charge >= 0.3 is 23.9 Å². The number of ketones is 4. The molecule has 0 saturated heterocycles. The van der Waals surface area contributed by atoms with Crippen LogP contribution in [0.5, 0.6) is 0 Å². The molecule has 0 heterocycles. The first kappa shape index (κ1) is 67.5. The minimum absolute atomic E-state index is 0.00773. The van der Waals surface area contributed by atoms with Crippen LogP contribution in [0.3, 0.4) is 0 Å². The van der Waals surface area contributed by atoms with Crippen LogP contribution < -0.4 is 27.9 Å². The summed E-state index contributed by atoms with van der Waals surface area (Å²) < 4.78 is 21.6. The standard InChI is InChI=1S/C54H75N9O16/c1-35(58-6)15-19-47(68)76-31-39-11-7-8-12-40(39)32-77-48(69)21-17-37(3)60-29-45(66)25-54(75,52(73)63-56)26-46(67)30-61-38(4)18-22-50(71)79-34-42-14-10-9-13-41(42)33-78-49(70)20-16-36(2)59-28-44(65)24-53(74,51(72)62-55)23-43(64)27-57-5/h7-14,57,74-75H,15-34,55-56H2,1-6H3,(H,62,72)(H,63,73). The molecule has 2 rings (SSSR count). The molecule has 0 aliphatic rings. The molecule has 0 fully saturated rings. The van der Waals surface area contributed by atoms with Gasteiger partial charge in [0, 0.05) is 55.6 Å². The number of likely N-dealkylation sites (N-methyl/N-ethyl adjacent to an activating group) is 1. The van der Waals surface area contributed by atoms with Crippen LogP contribution in [0, 0.1) is 0 Å². The van der Waals surface area contributed by atoms with E-state index in [1.54, 1.807) is 87.2 Å². The number of nitrogens with two attached hydrogens (primary N) is 2. The van der Waals surface area contributed by atoms with Crippen molar-refractivity contribution in [1.82, 2.24) is 16.2 Å². The van der Waals surface area contributed by atoms with Gasteiger partial charge in [0.05, 0.1) is 51.9 Å². The Balaban J connectivity index is 1.80. The smallest absolute Gasteiger partial charge is 0.306 e. The average Bonchev–Trinajstić information content (AvgIpc) is 3.42. The van der Waals surface area contributed by atoms with Gasteiger partial charge in [0.2, 0.25) is 0 Å². The lowest BCUT2D eigenvalue weighted by atomic mass is 9.90. The number of hydrazine groups is 2. The number of nitrogens with one attached hydrogen (secondary N) is 3. The maximum Gasteiger partial charge on any atom is 0.306 e. The highest BCUT2D eigenvalue weighted by atomic mass is 16.5. The lowest BCUT2D eigenvalue weighted by Gasteiger charge is -2.24. The highest BCUT2D eigenvalue weighted by Crippen LogP contribution is 2.20. The first-order valence-corrected chi connectivity index (χ1v) is 25.3. The Morgan fingerprint density at radius 2 is 0.722 bits per heavy atom. The second kappa shape index (κ2) is 35.8. The normalized spacial score (nSPS) is 13.5. The summed E-state index contributed by atoms with van der Waals surface area (Å²) in [5.74, 6) is 3.50. The van der Waals surface area contributed by atoms with Gasteiger partial charge in [-0.05, 0) is 82.7 Å². The second-order valence-electron chi connectivity index (χ2n) is 18.7. The SMILES string of the molecule is CN=C(C)CCC(=O)OCc1ccccc1COC(=O)CCC(C)=NCC(=O)CC(O)(CC(=O)CN=C(C)CCC(=O)OCc1ccccc1COC(=O)CCC(C)=NCC(=O)CC(O)(CC(=O)CNC)C(=O)NN)C(=O)NN. The summed E-state index contributed by atoms with van der Waals surface area (Å²) in [4.78, 5) is 142. The predicted octanol–water partition coefficient (Wildman–Crippen LogP) is 1.65. The van der Waals surface area contributed by atoms with Gasteiger partial charge < -0.3 is 34.5 Å². The van der Waals surface area contributed by atoms with Crippen LogP contribution in [0.4, 0.5) is 0 Å². The number of carbonyl (C=O) groups excluding carboxylic acids is 10. The molecular formula is C54H75N9O16. The maximum absolute atomic E-state index is 12.9. The lowest BCUT2D eigenvalue weighted by molar-refractivity contribution is -0.148. The number of aliphatic hydroxyl groups is 2. The molecule has 432 valence electrons. The zero-order valence-electron chi connectivity index (χ0n) is 45.8. The van der Waals surface area contributed by atoms with Crippen LogP contribution in [0.1, 0.15) is 127 Å². The van der Waals surface area contributed by atoms with Crippen molar-refractivity contribution in [3.05, 3.63) is 70.8 Å². The van der Waals surface area contributed by atoms with E-state index in [4.69, 9.17) is 30.6 Å². The monoisotopic (exact) mass is 1110 g/mol. The predicted molar refractivity (Wildman–Crippen MR) is 289 cm³/mol. The van der Waals surface area contributed by atoms with Crippen molar-refractivity contribution in [1.29, 1.82) is 0 Å². The van der Waals surface area contributed by atoms with E-state index in [1.807, 2.05) is 6.92 Å². The number of benzene rings is 2. The summed E-state index contributed by atoms with van der Waals surface area (Å²) in [6, 6.07) is 13.9. The van der Waals surface area contributed by atoms with Gasteiger partial charge in [-0.3, -0.25) is 78.8 Å². The molecule has 2 aromatic carbocycles. The van der Waals surface area contributed by atoms with E-state index < -0.39 is 109 Å². The summed E-state index contributed by atoms with van der Waals surface area (Å²) in [7, 11) is 3.16. The second-order valence-corrected chi connectivity index (χ2v) is 18.7. The minimum atomic E-state index is -2.52. The van der Waals surface area contributed by atoms with E-state index in [2.05, 4.69) is 25.3 Å². The number of hydrogen-bond acceptors (Lipinski definition) is 23. The molecule has 0 aliphatic heterocycles. The van der Waals surface area contributed by atoms with Gasteiger partial charge in [-0.1, -0.05) is 48.5 Å². The van der Waals surface area contributed by atoms with Crippen LogP contribution in [0.15, 0.2) is 68.5 Å². The molecule has 0 bridgehead atoms. The Hall–Kier alpha value is -7.58. The molecule has 2 aromatic rings. The molecule has 0 aliphatic carbocycles. The van der Waals surface area contributed by atoms with Crippen molar-refractivity contribution in [3.8, 4) is 0 Å². The van der Waals surface area contributed by atoms with E-state index in [0.29, 0.717) is 45.8 Å². The molecule has 0 saturated carbocycles. The maximum atomic E-state index is 12.9. The number of carbonyl (C=O) groups is 10. The van der Waals surface area contributed by atoms with Crippen molar-refractivity contribution in [2.75, 3.05) is 40.3 Å². The molecule has 2 atom stereocenters. The van der Waals surface area contributed by atoms with E-state index in [-0.39, 0.29) is 83.9 Å². The largest absolute Gasteiger partial charge is 0.461 e.